The molecule has 0 bridgehead atoms. The van der Waals surface area contributed by atoms with Crippen LogP contribution in [0.4, 0.5) is 0 Å². The van der Waals surface area contributed by atoms with Gasteiger partial charge in [0.2, 0.25) is 5.91 Å². The van der Waals surface area contributed by atoms with E-state index in [0.717, 1.165) is 19.6 Å². The first-order chi connectivity index (χ1) is 9.72. The van der Waals surface area contributed by atoms with Crippen LogP contribution in [0.5, 0.6) is 0 Å². The van der Waals surface area contributed by atoms with Crippen LogP contribution in [0.25, 0.3) is 0 Å². The van der Waals surface area contributed by atoms with Gasteiger partial charge < -0.3 is 10.4 Å². The molecule has 0 spiro atoms. The SMILES string of the molecule is CCN(CC)C(CO)C(=O)NCC1CCCCCCC1. The molecule has 1 fully saturated rings. The van der Waals surface area contributed by atoms with Crippen molar-refractivity contribution in [3.63, 3.8) is 0 Å². The number of amides is 1. The van der Waals surface area contributed by atoms with Crippen LogP contribution in [-0.4, -0.2) is 48.2 Å². The van der Waals surface area contributed by atoms with Crippen molar-refractivity contribution in [3.8, 4) is 0 Å². The van der Waals surface area contributed by atoms with Crippen LogP contribution in [0.3, 0.4) is 0 Å². The molecule has 1 rings (SSSR count). The van der Waals surface area contributed by atoms with Gasteiger partial charge in [-0.25, -0.2) is 0 Å². The smallest absolute Gasteiger partial charge is 0.239 e. The fourth-order valence-corrected chi connectivity index (χ4v) is 3.14. The van der Waals surface area contributed by atoms with Crippen molar-refractivity contribution in [1.82, 2.24) is 10.2 Å². The summed E-state index contributed by atoms with van der Waals surface area (Å²) in [6, 6.07) is -0.390. The molecule has 1 aliphatic carbocycles. The Hall–Kier alpha value is -0.610. The Bertz CT molecular complexity index is 259. The van der Waals surface area contributed by atoms with E-state index in [2.05, 4.69) is 5.32 Å². The third-order valence-corrected chi connectivity index (χ3v) is 4.52. The van der Waals surface area contributed by atoms with E-state index < -0.39 is 6.04 Å². The minimum Gasteiger partial charge on any atom is -0.394 e. The van der Waals surface area contributed by atoms with Gasteiger partial charge >= 0.3 is 0 Å². The van der Waals surface area contributed by atoms with Crippen molar-refractivity contribution in [1.29, 1.82) is 0 Å². The Labute approximate surface area is 123 Å². The number of nitrogens with zero attached hydrogens (tertiary/aromatic N) is 1. The molecule has 1 aliphatic rings. The first kappa shape index (κ1) is 17.4. The van der Waals surface area contributed by atoms with E-state index in [4.69, 9.17) is 0 Å². The molecule has 1 unspecified atom stereocenters. The Morgan fingerprint density at radius 1 is 1.15 bits per heavy atom. The van der Waals surface area contributed by atoms with E-state index in [-0.39, 0.29) is 12.5 Å². The summed E-state index contributed by atoms with van der Waals surface area (Å²) in [6.45, 7) is 6.30. The third kappa shape index (κ3) is 5.80. The number of hydrogen-bond acceptors (Lipinski definition) is 3. The monoisotopic (exact) mass is 284 g/mol. The summed E-state index contributed by atoms with van der Waals surface area (Å²) in [5, 5.41) is 12.5. The lowest BCUT2D eigenvalue weighted by Crippen LogP contribution is -2.49. The molecule has 1 amide bonds. The van der Waals surface area contributed by atoms with Crippen molar-refractivity contribution in [2.24, 2.45) is 5.92 Å². The van der Waals surface area contributed by atoms with Crippen LogP contribution >= 0.6 is 0 Å². The summed E-state index contributed by atoms with van der Waals surface area (Å²) in [6.07, 6.45) is 9.09. The number of aliphatic hydroxyl groups excluding tert-OH is 1. The van der Waals surface area contributed by atoms with Gasteiger partial charge in [0.25, 0.3) is 0 Å². The Kier molecular flexibility index (Phi) is 8.86. The quantitative estimate of drug-likeness (QED) is 0.753. The predicted molar refractivity (Wildman–Crippen MR) is 82.6 cm³/mol. The number of likely N-dealkylation sites (N-methyl/N-ethyl adjacent to an activating group) is 1. The van der Waals surface area contributed by atoms with Crippen LogP contribution in [0, 0.1) is 5.92 Å². The molecule has 2 N–H and O–H groups in total. The lowest BCUT2D eigenvalue weighted by Gasteiger charge is -2.28. The predicted octanol–water partition coefficient (Wildman–Crippen LogP) is 2.17. The molecule has 4 heteroatoms. The van der Waals surface area contributed by atoms with Gasteiger partial charge in [0.1, 0.15) is 6.04 Å². The molecule has 0 heterocycles. The standard InChI is InChI=1S/C16H32N2O2/c1-3-18(4-2)15(13-19)16(20)17-12-14-10-8-6-5-7-9-11-14/h14-15,19H,3-13H2,1-2H3,(H,17,20). The van der Waals surface area contributed by atoms with E-state index in [1.807, 2.05) is 18.7 Å². The highest BCUT2D eigenvalue weighted by atomic mass is 16.3. The van der Waals surface area contributed by atoms with Gasteiger partial charge in [-0.3, -0.25) is 9.69 Å². The Morgan fingerprint density at radius 2 is 1.70 bits per heavy atom. The van der Waals surface area contributed by atoms with Crippen molar-refractivity contribution in [2.75, 3.05) is 26.2 Å². The van der Waals surface area contributed by atoms with Crippen LogP contribution in [0.2, 0.25) is 0 Å². The highest BCUT2D eigenvalue weighted by Gasteiger charge is 2.23. The number of aliphatic hydroxyl groups is 1. The van der Waals surface area contributed by atoms with Crippen molar-refractivity contribution >= 4 is 5.91 Å². The van der Waals surface area contributed by atoms with Crippen LogP contribution in [0.1, 0.15) is 58.8 Å². The average Bonchev–Trinajstić information content (AvgIpc) is 2.43. The molecule has 0 saturated heterocycles. The first-order valence-corrected chi connectivity index (χ1v) is 8.35. The Morgan fingerprint density at radius 3 is 2.20 bits per heavy atom. The first-order valence-electron chi connectivity index (χ1n) is 8.35. The number of nitrogens with one attached hydrogen (secondary N) is 1. The molecule has 1 saturated carbocycles. The van der Waals surface area contributed by atoms with Gasteiger partial charge in [-0.1, -0.05) is 46.0 Å². The molecule has 0 radical (unpaired) electrons. The molecule has 0 aromatic heterocycles. The van der Waals surface area contributed by atoms with Gasteiger partial charge in [-0.2, -0.15) is 0 Å². The lowest BCUT2D eigenvalue weighted by molar-refractivity contribution is -0.128. The zero-order valence-electron chi connectivity index (χ0n) is 13.2. The third-order valence-electron chi connectivity index (χ3n) is 4.52. The van der Waals surface area contributed by atoms with Gasteiger partial charge in [0, 0.05) is 6.54 Å². The molecular weight excluding hydrogens is 252 g/mol. The average molecular weight is 284 g/mol. The molecule has 1 atom stereocenters. The van der Waals surface area contributed by atoms with E-state index >= 15 is 0 Å². The maximum Gasteiger partial charge on any atom is 0.239 e. The normalized spacial score (nSPS) is 19.4. The van der Waals surface area contributed by atoms with Crippen molar-refractivity contribution < 1.29 is 9.90 Å². The molecule has 0 aromatic carbocycles. The number of carbonyl (C=O) groups is 1. The van der Waals surface area contributed by atoms with Crippen LogP contribution in [-0.2, 0) is 4.79 Å². The van der Waals surface area contributed by atoms with Crippen LogP contribution in [0.15, 0.2) is 0 Å². The number of carbonyl (C=O) groups excluding carboxylic acids is 1. The van der Waals surface area contributed by atoms with E-state index in [1.54, 1.807) is 0 Å². The maximum atomic E-state index is 12.2. The zero-order valence-corrected chi connectivity index (χ0v) is 13.2. The summed E-state index contributed by atoms with van der Waals surface area (Å²) in [4.78, 5) is 14.2. The van der Waals surface area contributed by atoms with Crippen molar-refractivity contribution in [2.45, 2.75) is 64.8 Å². The van der Waals surface area contributed by atoms with E-state index in [9.17, 15) is 9.90 Å². The summed E-state index contributed by atoms with van der Waals surface area (Å²) in [7, 11) is 0. The summed E-state index contributed by atoms with van der Waals surface area (Å²) in [5.74, 6) is 0.605. The fraction of sp³-hybridized carbons (Fsp3) is 0.938. The second-order valence-corrected chi connectivity index (χ2v) is 5.88. The van der Waals surface area contributed by atoms with Gasteiger partial charge in [0.05, 0.1) is 6.61 Å². The van der Waals surface area contributed by atoms with Gasteiger partial charge in [-0.05, 0) is 31.8 Å². The largest absolute Gasteiger partial charge is 0.394 e. The Balaban J connectivity index is 2.39. The fourth-order valence-electron chi connectivity index (χ4n) is 3.14. The van der Waals surface area contributed by atoms with E-state index in [1.165, 1.54) is 44.9 Å². The summed E-state index contributed by atoms with van der Waals surface area (Å²) >= 11 is 0. The topological polar surface area (TPSA) is 52.6 Å². The minimum absolute atomic E-state index is 0.0155. The van der Waals surface area contributed by atoms with Gasteiger partial charge in [-0.15, -0.1) is 0 Å². The molecule has 0 aliphatic heterocycles. The van der Waals surface area contributed by atoms with Crippen LogP contribution < -0.4 is 5.32 Å². The second kappa shape index (κ2) is 10.2. The van der Waals surface area contributed by atoms with E-state index in [0.29, 0.717) is 5.92 Å². The summed E-state index contributed by atoms with van der Waals surface area (Å²) in [5.41, 5.74) is 0. The number of hydrogen-bond donors (Lipinski definition) is 2. The van der Waals surface area contributed by atoms with Gasteiger partial charge in [0.15, 0.2) is 0 Å². The molecule has 4 nitrogen and oxygen atoms in total. The highest BCUT2D eigenvalue weighted by molar-refractivity contribution is 5.81. The zero-order chi connectivity index (χ0) is 14.8. The molecule has 118 valence electrons. The minimum atomic E-state index is -0.390. The molecular formula is C16H32N2O2. The molecule has 0 aromatic rings. The number of rotatable bonds is 7. The maximum absolute atomic E-state index is 12.2. The highest BCUT2D eigenvalue weighted by Crippen LogP contribution is 2.21. The summed E-state index contributed by atoms with van der Waals surface area (Å²) < 4.78 is 0. The molecule has 20 heavy (non-hydrogen) atoms. The lowest BCUT2D eigenvalue weighted by atomic mass is 9.91. The van der Waals surface area contributed by atoms with Crippen molar-refractivity contribution in [3.05, 3.63) is 0 Å². The second-order valence-electron chi connectivity index (χ2n) is 5.88.